The molecule has 1 unspecified atom stereocenters. The fourth-order valence-corrected chi connectivity index (χ4v) is 2.27. The third-order valence-electron chi connectivity index (χ3n) is 3.57. The number of hydrogen-bond acceptors (Lipinski definition) is 3. The molecule has 2 aromatic rings. The first kappa shape index (κ1) is 14.5. The summed E-state index contributed by atoms with van der Waals surface area (Å²) >= 11 is 0. The molecular formula is C17H22N2O. The number of ether oxygens (including phenoxy) is 1. The number of aryl methyl sites for hydroxylation is 2. The van der Waals surface area contributed by atoms with Crippen LogP contribution in [-0.4, -0.2) is 19.1 Å². The van der Waals surface area contributed by atoms with Gasteiger partial charge in [-0.3, -0.25) is 4.98 Å². The number of methoxy groups -OCH3 is 1. The number of rotatable bonds is 6. The summed E-state index contributed by atoms with van der Waals surface area (Å²) in [5.74, 6) is 0.904. The SMILES string of the molecule is CNC(CCc1ccc(OC)cc1)c1ccc(C)nc1. The van der Waals surface area contributed by atoms with Crippen LogP contribution in [0.15, 0.2) is 42.6 Å². The fourth-order valence-electron chi connectivity index (χ4n) is 2.27. The third kappa shape index (κ3) is 3.81. The van der Waals surface area contributed by atoms with Gasteiger partial charge in [0.2, 0.25) is 0 Å². The van der Waals surface area contributed by atoms with Gasteiger partial charge in [0.15, 0.2) is 0 Å². The zero-order chi connectivity index (χ0) is 14.4. The molecule has 0 spiro atoms. The summed E-state index contributed by atoms with van der Waals surface area (Å²) in [6.07, 6.45) is 4.04. The van der Waals surface area contributed by atoms with Crippen LogP contribution in [0.2, 0.25) is 0 Å². The maximum absolute atomic E-state index is 5.18. The Labute approximate surface area is 121 Å². The van der Waals surface area contributed by atoms with Crippen molar-refractivity contribution in [2.45, 2.75) is 25.8 Å². The summed E-state index contributed by atoms with van der Waals surface area (Å²) in [5.41, 5.74) is 3.62. The molecule has 106 valence electrons. The van der Waals surface area contributed by atoms with Crippen molar-refractivity contribution in [1.29, 1.82) is 0 Å². The van der Waals surface area contributed by atoms with Crippen LogP contribution in [0.3, 0.4) is 0 Å². The van der Waals surface area contributed by atoms with Gasteiger partial charge in [-0.1, -0.05) is 18.2 Å². The van der Waals surface area contributed by atoms with E-state index in [-0.39, 0.29) is 0 Å². The zero-order valence-corrected chi connectivity index (χ0v) is 12.4. The molecule has 3 nitrogen and oxygen atoms in total. The Bertz CT molecular complexity index is 520. The molecule has 2 rings (SSSR count). The van der Waals surface area contributed by atoms with Crippen LogP contribution < -0.4 is 10.1 Å². The van der Waals surface area contributed by atoms with Crippen LogP contribution in [0.5, 0.6) is 5.75 Å². The molecule has 1 aromatic heterocycles. The molecule has 0 saturated carbocycles. The van der Waals surface area contributed by atoms with Gasteiger partial charge in [-0.2, -0.15) is 0 Å². The van der Waals surface area contributed by atoms with Crippen LogP contribution in [0, 0.1) is 6.92 Å². The standard InChI is InChI=1S/C17H22N2O/c1-13-4-8-15(12-19-13)17(18-2)11-7-14-5-9-16(20-3)10-6-14/h4-6,8-10,12,17-18H,7,11H2,1-3H3. The molecular weight excluding hydrogens is 248 g/mol. The molecule has 0 fully saturated rings. The lowest BCUT2D eigenvalue weighted by Crippen LogP contribution is -2.17. The predicted molar refractivity (Wildman–Crippen MR) is 82.1 cm³/mol. The van der Waals surface area contributed by atoms with Crippen molar-refractivity contribution in [3.8, 4) is 5.75 Å². The number of aromatic nitrogens is 1. The first-order valence-corrected chi connectivity index (χ1v) is 6.95. The van der Waals surface area contributed by atoms with Crippen LogP contribution >= 0.6 is 0 Å². The Balaban J connectivity index is 1.97. The Morgan fingerprint density at radius 3 is 2.45 bits per heavy atom. The fraction of sp³-hybridized carbons (Fsp3) is 0.353. The topological polar surface area (TPSA) is 34.1 Å². The maximum Gasteiger partial charge on any atom is 0.118 e. The quantitative estimate of drug-likeness (QED) is 0.874. The smallest absolute Gasteiger partial charge is 0.118 e. The van der Waals surface area contributed by atoms with E-state index in [1.807, 2.05) is 32.3 Å². The lowest BCUT2D eigenvalue weighted by Gasteiger charge is -2.16. The highest BCUT2D eigenvalue weighted by Gasteiger charge is 2.09. The highest BCUT2D eigenvalue weighted by atomic mass is 16.5. The van der Waals surface area contributed by atoms with Gasteiger partial charge in [0.25, 0.3) is 0 Å². The third-order valence-corrected chi connectivity index (χ3v) is 3.57. The van der Waals surface area contributed by atoms with Crippen molar-refractivity contribution in [1.82, 2.24) is 10.3 Å². The highest BCUT2D eigenvalue weighted by Crippen LogP contribution is 2.19. The number of benzene rings is 1. The molecule has 1 heterocycles. The normalized spacial score (nSPS) is 12.2. The summed E-state index contributed by atoms with van der Waals surface area (Å²) in [7, 11) is 3.69. The summed E-state index contributed by atoms with van der Waals surface area (Å²) in [5, 5.41) is 3.37. The molecule has 0 aliphatic carbocycles. The Hall–Kier alpha value is -1.87. The number of pyridine rings is 1. The molecule has 0 saturated heterocycles. The van der Waals surface area contributed by atoms with E-state index in [1.165, 1.54) is 11.1 Å². The Kier molecular flexibility index (Phi) is 5.13. The predicted octanol–water partition coefficient (Wildman–Crippen LogP) is 3.29. The van der Waals surface area contributed by atoms with E-state index in [0.29, 0.717) is 6.04 Å². The molecule has 1 N–H and O–H groups in total. The molecule has 0 aliphatic heterocycles. The first-order valence-electron chi connectivity index (χ1n) is 6.95. The number of nitrogens with zero attached hydrogens (tertiary/aromatic N) is 1. The highest BCUT2D eigenvalue weighted by molar-refractivity contribution is 5.27. The first-order chi connectivity index (χ1) is 9.72. The second-order valence-electron chi connectivity index (χ2n) is 4.96. The van der Waals surface area contributed by atoms with Crippen LogP contribution in [0.4, 0.5) is 0 Å². The monoisotopic (exact) mass is 270 g/mol. The molecule has 0 aliphatic rings. The van der Waals surface area contributed by atoms with Crippen LogP contribution in [0.1, 0.15) is 29.3 Å². The summed E-state index contributed by atoms with van der Waals surface area (Å²) < 4.78 is 5.18. The van der Waals surface area contributed by atoms with E-state index in [4.69, 9.17) is 4.74 Å². The van der Waals surface area contributed by atoms with Gasteiger partial charge in [-0.15, -0.1) is 0 Å². The van der Waals surface area contributed by atoms with Crippen molar-refractivity contribution in [3.05, 3.63) is 59.4 Å². The summed E-state index contributed by atoms with van der Waals surface area (Å²) in [4.78, 5) is 4.37. The largest absolute Gasteiger partial charge is 0.497 e. The van der Waals surface area contributed by atoms with Crippen molar-refractivity contribution in [3.63, 3.8) is 0 Å². The van der Waals surface area contributed by atoms with Gasteiger partial charge in [0.05, 0.1) is 7.11 Å². The van der Waals surface area contributed by atoms with E-state index >= 15 is 0 Å². The zero-order valence-electron chi connectivity index (χ0n) is 12.4. The minimum Gasteiger partial charge on any atom is -0.497 e. The average Bonchev–Trinajstić information content (AvgIpc) is 2.50. The lowest BCUT2D eigenvalue weighted by atomic mass is 10.00. The summed E-state index contributed by atoms with van der Waals surface area (Å²) in [6.45, 7) is 2.01. The van der Waals surface area contributed by atoms with Crippen molar-refractivity contribution >= 4 is 0 Å². The second-order valence-corrected chi connectivity index (χ2v) is 4.96. The van der Waals surface area contributed by atoms with E-state index in [0.717, 1.165) is 24.3 Å². The van der Waals surface area contributed by atoms with E-state index in [9.17, 15) is 0 Å². The van der Waals surface area contributed by atoms with E-state index in [2.05, 4.69) is 34.6 Å². The molecule has 1 atom stereocenters. The molecule has 0 radical (unpaired) electrons. The Morgan fingerprint density at radius 1 is 1.15 bits per heavy atom. The van der Waals surface area contributed by atoms with Crippen molar-refractivity contribution in [2.24, 2.45) is 0 Å². The van der Waals surface area contributed by atoms with Gasteiger partial charge in [-0.05, 0) is 56.1 Å². The molecule has 3 heteroatoms. The van der Waals surface area contributed by atoms with Gasteiger partial charge in [-0.25, -0.2) is 0 Å². The molecule has 20 heavy (non-hydrogen) atoms. The molecule has 1 aromatic carbocycles. The van der Waals surface area contributed by atoms with Crippen molar-refractivity contribution in [2.75, 3.05) is 14.2 Å². The minimum atomic E-state index is 0.338. The minimum absolute atomic E-state index is 0.338. The molecule has 0 amide bonds. The maximum atomic E-state index is 5.18. The van der Waals surface area contributed by atoms with Gasteiger partial charge < -0.3 is 10.1 Å². The van der Waals surface area contributed by atoms with Crippen LogP contribution in [-0.2, 0) is 6.42 Å². The second kappa shape index (κ2) is 7.06. The van der Waals surface area contributed by atoms with E-state index < -0.39 is 0 Å². The lowest BCUT2D eigenvalue weighted by molar-refractivity contribution is 0.414. The van der Waals surface area contributed by atoms with Gasteiger partial charge in [0, 0.05) is 17.9 Å². The Morgan fingerprint density at radius 2 is 1.90 bits per heavy atom. The van der Waals surface area contributed by atoms with Crippen LogP contribution in [0.25, 0.3) is 0 Å². The summed E-state index contributed by atoms with van der Waals surface area (Å²) in [6, 6.07) is 12.8. The number of hydrogen-bond donors (Lipinski definition) is 1. The number of nitrogens with one attached hydrogen (secondary N) is 1. The van der Waals surface area contributed by atoms with Gasteiger partial charge in [0.1, 0.15) is 5.75 Å². The van der Waals surface area contributed by atoms with E-state index in [1.54, 1.807) is 7.11 Å². The molecule has 0 bridgehead atoms. The van der Waals surface area contributed by atoms with Crippen molar-refractivity contribution < 1.29 is 4.74 Å². The average molecular weight is 270 g/mol. The van der Waals surface area contributed by atoms with Gasteiger partial charge >= 0.3 is 0 Å².